The van der Waals surface area contributed by atoms with Crippen LogP contribution in [0.1, 0.15) is 26.2 Å². The number of aliphatic carboxylic acids is 1. The van der Waals surface area contributed by atoms with E-state index in [9.17, 15) is 14.4 Å². The summed E-state index contributed by atoms with van der Waals surface area (Å²) >= 11 is 0. The van der Waals surface area contributed by atoms with E-state index in [1.54, 1.807) is 0 Å². The van der Waals surface area contributed by atoms with E-state index >= 15 is 0 Å². The van der Waals surface area contributed by atoms with Gasteiger partial charge in [0.1, 0.15) is 6.04 Å². The van der Waals surface area contributed by atoms with Crippen LogP contribution in [-0.4, -0.2) is 59.8 Å². The molecule has 3 amide bonds. The molecule has 1 aliphatic heterocycles. The lowest BCUT2D eigenvalue weighted by Crippen LogP contribution is -2.53. The summed E-state index contributed by atoms with van der Waals surface area (Å²) in [5, 5.41) is 11.4. The van der Waals surface area contributed by atoms with Crippen LogP contribution in [0.2, 0.25) is 0 Å². The highest BCUT2D eigenvalue weighted by molar-refractivity contribution is 5.83. The molecule has 0 aliphatic carbocycles. The van der Waals surface area contributed by atoms with E-state index in [0.717, 1.165) is 6.42 Å². The summed E-state index contributed by atoms with van der Waals surface area (Å²) in [6, 6.07) is -1.57. The second kappa shape index (κ2) is 7.68. The standard InChI is InChI=1S/C12H21N3O5/c1-2-8-7-15(5-6-20-8)12(19)14-9(11(17)18)3-4-10(13)16/h8-9H,2-7H2,1H3,(H2,13,16)(H,14,19)(H,17,18). The largest absolute Gasteiger partial charge is 0.480 e. The Labute approximate surface area is 117 Å². The SMILES string of the molecule is CCC1CN(C(=O)NC(CCC(N)=O)C(=O)O)CCO1. The van der Waals surface area contributed by atoms with Crippen LogP contribution in [0.3, 0.4) is 0 Å². The zero-order valence-electron chi connectivity index (χ0n) is 11.5. The number of rotatable bonds is 6. The summed E-state index contributed by atoms with van der Waals surface area (Å²) in [6.07, 6.45) is 0.660. The molecule has 0 spiro atoms. The van der Waals surface area contributed by atoms with Crippen LogP contribution in [0.15, 0.2) is 0 Å². The van der Waals surface area contributed by atoms with Gasteiger partial charge in [0.25, 0.3) is 0 Å². The molecule has 114 valence electrons. The van der Waals surface area contributed by atoms with Crippen molar-refractivity contribution in [1.29, 1.82) is 0 Å². The molecule has 8 heteroatoms. The van der Waals surface area contributed by atoms with Gasteiger partial charge in [-0.3, -0.25) is 4.79 Å². The van der Waals surface area contributed by atoms with Gasteiger partial charge in [0.15, 0.2) is 0 Å². The molecule has 0 saturated carbocycles. The van der Waals surface area contributed by atoms with Gasteiger partial charge in [0, 0.05) is 19.5 Å². The van der Waals surface area contributed by atoms with Crippen LogP contribution < -0.4 is 11.1 Å². The Hall–Kier alpha value is -1.83. The summed E-state index contributed by atoms with van der Waals surface area (Å²) < 4.78 is 5.44. The van der Waals surface area contributed by atoms with Gasteiger partial charge in [-0.05, 0) is 12.8 Å². The predicted octanol–water partition coefficient (Wildman–Crippen LogP) is -0.474. The molecule has 1 aliphatic rings. The quantitative estimate of drug-likeness (QED) is 0.609. The first-order chi connectivity index (χ1) is 9.43. The molecule has 4 N–H and O–H groups in total. The molecule has 0 aromatic carbocycles. The van der Waals surface area contributed by atoms with Crippen molar-refractivity contribution in [2.75, 3.05) is 19.7 Å². The van der Waals surface area contributed by atoms with Gasteiger partial charge in [0.05, 0.1) is 12.7 Å². The first kappa shape index (κ1) is 16.2. The Bertz CT molecular complexity index is 374. The molecule has 0 radical (unpaired) electrons. The van der Waals surface area contributed by atoms with Crippen LogP contribution >= 0.6 is 0 Å². The van der Waals surface area contributed by atoms with Gasteiger partial charge in [-0.15, -0.1) is 0 Å². The van der Waals surface area contributed by atoms with E-state index in [1.807, 2.05) is 6.92 Å². The first-order valence-electron chi connectivity index (χ1n) is 6.62. The third kappa shape index (κ3) is 5.04. The van der Waals surface area contributed by atoms with E-state index < -0.39 is 23.9 Å². The van der Waals surface area contributed by atoms with Gasteiger partial charge in [0.2, 0.25) is 5.91 Å². The number of nitrogens with zero attached hydrogens (tertiary/aromatic N) is 1. The molecule has 2 atom stereocenters. The lowest BCUT2D eigenvalue weighted by atomic mass is 10.1. The van der Waals surface area contributed by atoms with Gasteiger partial charge in [-0.25, -0.2) is 9.59 Å². The monoisotopic (exact) mass is 287 g/mol. The molecular weight excluding hydrogens is 266 g/mol. The minimum atomic E-state index is -1.18. The Morgan fingerprint density at radius 1 is 1.50 bits per heavy atom. The fraction of sp³-hybridized carbons (Fsp3) is 0.750. The fourth-order valence-electron chi connectivity index (χ4n) is 1.94. The highest BCUT2D eigenvalue weighted by Gasteiger charge is 2.27. The van der Waals surface area contributed by atoms with Crippen molar-refractivity contribution in [2.45, 2.75) is 38.3 Å². The van der Waals surface area contributed by atoms with Crippen molar-refractivity contribution >= 4 is 17.9 Å². The number of hydrogen-bond acceptors (Lipinski definition) is 4. The summed E-state index contributed by atoms with van der Waals surface area (Å²) in [5.41, 5.74) is 4.98. The second-order valence-corrected chi connectivity index (χ2v) is 4.69. The number of amides is 3. The number of primary amides is 1. The summed E-state index contributed by atoms with van der Waals surface area (Å²) in [6.45, 7) is 3.25. The lowest BCUT2D eigenvalue weighted by Gasteiger charge is -2.33. The average molecular weight is 287 g/mol. The van der Waals surface area contributed by atoms with Crippen LogP contribution in [-0.2, 0) is 14.3 Å². The van der Waals surface area contributed by atoms with E-state index in [4.69, 9.17) is 15.6 Å². The minimum absolute atomic E-state index is 0.0159. The van der Waals surface area contributed by atoms with Crippen molar-refractivity contribution in [3.05, 3.63) is 0 Å². The number of carbonyl (C=O) groups is 3. The Morgan fingerprint density at radius 3 is 2.75 bits per heavy atom. The van der Waals surface area contributed by atoms with Gasteiger partial charge < -0.3 is 25.8 Å². The van der Waals surface area contributed by atoms with Crippen molar-refractivity contribution in [1.82, 2.24) is 10.2 Å². The molecular formula is C12H21N3O5. The number of urea groups is 1. The minimum Gasteiger partial charge on any atom is -0.480 e. The number of carbonyl (C=O) groups excluding carboxylic acids is 2. The second-order valence-electron chi connectivity index (χ2n) is 4.69. The maximum absolute atomic E-state index is 12.0. The van der Waals surface area contributed by atoms with Crippen LogP contribution in [0.25, 0.3) is 0 Å². The molecule has 0 aromatic rings. The molecule has 1 fully saturated rings. The highest BCUT2D eigenvalue weighted by Crippen LogP contribution is 2.09. The smallest absolute Gasteiger partial charge is 0.326 e. The zero-order chi connectivity index (χ0) is 15.1. The first-order valence-corrected chi connectivity index (χ1v) is 6.62. The molecule has 1 rings (SSSR count). The number of carboxylic acid groups (broad SMARTS) is 1. The van der Waals surface area contributed by atoms with Gasteiger partial charge in [-0.1, -0.05) is 6.92 Å². The van der Waals surface area contributed by atoms with E-state index in [1.165, 1.54) is 4.90 Å². The highest BCUT2D eigenvalue weighted by atomic mass is 16.5. The third-order valence-corrected chi connectivity index (χ3v) is 3.16. The van der Waals surface area contributed by atoms with E-state index in [-0.39, 0.29) is 18.9 Å². The normalized spacial score (nSPS) is 20.2. The zero-order valence-corrected chi connectivity index (χ0v) is 11.5. The lowest BCUT2D eigenvalue weighted by molar-refractivity contribution is -0.139. The van der Waals surface area contributed by atoms with Crippen LogP contribution in [0.4, 0.5) is 4.79 Å². The third-order valence-electron chi connectivity index (χ3n) is 3.16. The summed E-state index contributed by atoms with van der Waals surface area (Å²) in [7, 11) is 0. The number of nitrogens with two attached hydrogens (primary N) is 1. The van der Waals surface area contributed by atoms with Gasteiger partial charge >= 0.3 is 12.0 Å². The summed E-state index contributed by atoms with van der Waals surface area (Å²) in [4.78, 5) is 35.3. The van der Waals surface area contributed by atoms with Crippen molar-refractivity contribution < 1.29 is 24.2 Å². The number of ether oxygens (including phenoxy) is 1. The van der Waals surface area contributed by atoms with Crippen molar-refractivity contribution in [2.24, 2.45) is 5.73 Å². The molecule has 8 nitrogen and oxygen atoms in total. The number of morpholine rings is 1. The van der Waals surface area contributed by atoms with Gasteiger partial charge in [-0.2, -0.15) is 0 Å². The number of carboxylic acids is 1. The number of hydrogen-bond donors (Lipinski definition) is 3. The fourth-order valence-corrected chi connectivity index (χ4v) is 1.94. The topological polar surface area (TPSA) is 122 Å². The Balaban J connectivity index is 2.52. The van der Waals surface area contributed by atoms with E-state index in [0.29, 0.717) is 19.7 Å². The summed E-state index contributed by atoms with van der Waals surface area (Å²) in [5.74, 6) is -1.78. The van der Waals surface area contributed by atoms with Crippen molar-refractivity contribution in [3.63, 3.8) is 0 Å². The molecule has 1 heterocycles. The van der Waals surface area contributed by atoms with Crippen LogP contribution in [0, 0.1) is 0 Å². The van der Waals surface area contributed by atoms with Crippen molar-refractivity contribution in [3.8, 4) is 0 Å². The molecule has 1 saturated heterocycles. The maximum Gasteiger partial charge on any atom is 0.326 e. The maximum atomic E-state index is 12.0. The Kier molecular flexibility index (Phi) is 6.23. The molecule has 2 unspecified atom stereocenters. The molecule has 0 aromatic heterocycles. The molecule has 0 bridgehead atoms. The Morgan fingerprint density at radius 2 is 2.20 bits per heavy atom. The average Bonchev–Trinajstić information content (AvgIpc) is 2.42. The molecule has 20 heavy (non-hydrogen) atoms. The number of nitrogens with one attached hydrogen (secondary N) is 1. The predicted molar refractivity (Wildman–Crippen MR) is 70.0 cm³/mol. The van der Waals surface area contributed by atoms with Crippen LogP contribution in [0.5, 0.6) is 0 Å². The van der Waals surface area contributed by atoms with E-state index in [2.05, 4.69) is 5.32 Å².